The fraction of sp³-hybridized carbons (Fsp3) is 0.333. The van der Waals surface area contributed by atoms with Crippen molar-refractivity contribution in [2.45, 2.75) is 37.8 Å². The van der Waals surface area contributed by atoms with Gasteiger partial charge < -0.3 is 29.2 Å². The van der Waals surface area contributed by atoms with Crippen LogP contribution < -0.4 is 18.9 Å². The Balaban J connectivity index is 1.40. The van der Waals surface area contributed by atoms with Crippen molar-refractivity contribution in [2.75, 3.05) is 41.4 Å². The SMILES string of the molecule is COc1cc2c3c(c1O)Oc1ccc(cc1)C[C@H]1c4c(cc(OC)c(O)c4Oc4ccc(cc4)C[C@@H]3N(C)CC2)CCN1C. The number of ether oxygens (including phenoxy) is 4. The maximum atomic E-state index is 11.4. The van der Waals surface area contributed by atoms with Crippen LogP contribution in [0.5, 0.6) is 46.0 Å². The molecule has 2 atom stereocenters. The van der Waals surface area contributed by atoms with E-state index >= 15 is 0 Å². The van der Waals surface area contributed by atoms with Crippen LogP contribution in [0.15, 0.2) is 60.7 Å². The van der Waals surface area contributed by atoms with Crippen LogP contribution in [-0.4, -0.2) is 61.4 Å². The number of hydrogen-bond acceptors (Lipinski definition) is 8. The number of benzene rings is 4. The van der Waals surface area contributed by atoms with Crippen molar-refractivity contribution < 1.29 is 29.2 Å². The molecule has 0 fully saturated rings. The van der Waals surface area contributed by atoms with Gasteiger partial charge in [-0.2, -0.15) is 0 Å². The van der Waals surface area contributed by atoms with Crippen molar-refractivity contribution >= 4 is 0 Å². The van der Waals surface area contributed by atoms with Crippen LogP contribution in [-0.2, 0) is 25.7 Å². The zero-order chi connectivity index (χ0) is 30.5. The summed E-state index contributed by atoms with van der Waals surface area (Å²) in [5.41, 5.74) is 6.41. The smallest absolute Gasteiger partial charge is 0.201 e. The molecular weight excluding hydrogens is 556 g/mol. The maximum absolute atomic E-state index is 11.4. The van der Waals surface area contributed by atoms with Crippen molar-refractivity contribution in [3.05, 3.63) is 94.0 Å². The van der Waals surface area contributed by atoms with Gasteiger partial charge in [0, 0.05) is 36.3 Å². The molecule has 0 radical (unpaired) electrons. The van der Waals surface area contributed by atoms with Gasteiger partial charge in [0.05, 0.1) is 14.2 Å². The standard InChI is InChI=1S/C36H38N2O6/c1-37-15-13-23-19-29(41-3)33(39)35-31(23)27(37)17-21-5-9-26(10-6-21)44-36-32-24(20-30(42-4)34(36)40)14-16-38(2)28(32)18-22-7-11-25(43-35)12-8-22/h5-12,19-20,27-28,39-40H,13-18H2,1-4H3/t27-,28-/m0/s1. The van der Waals surface area contributed by atoms with Gasteiger partial charge in [0.1, 0.15) is 11.5 Å². The van der Waals surface area contributed by atoms with Gasteiger partial charge in [-0.05, 0) is 98.4 Å². The molecule has 0 aliphatic carbocycles. The van der Waals surface area contributed by atoms with Crippen LogP contribution in [0, 0.1) is 0 Å². The van der Waals surface area contributed by atoms with E-state index in [-0.39, 0.29) is 23.6 Å². The van der Waals surface area contributed by atoms with E-state index in [2.05, 4.69) is 48.2 Å². The van der Waals surface area contributed by atoms with Crippen molar-refractivity contribution in [2.24, 2.45) is 0 Å². The second-order valence-electron chi connectivity index (χ2n) is 12.1. The van der Waals surface area contributed by atoms with Gasteiger partial charge >= 0.3 is 0 Å². The fourth-order valence-electron chi connectivity index (χ4n) is 6.97. The molecule has 8 heteroatoms. The summed E-state index contributed by atoms with van der Waals surface area (Å²) in [5.74, 6) is 3.02. The van der Waals surface area contributed by atoms with Crippen molar-refractivity contribution in [1.82, 2.24) is 9.80 Å². The fourth-order valence-corrected chi connectivity index (χ4v) is 6.97. The molecule has 0 spiro atoms. The second kappa shape index (κ2) is 11.3. The van der Waals surface area contributed by atoms with Crippen LogP contribution >= 0.6 is 0 Å². The summed E-state index contributed by atoms with van der Waals surface area (Å²) in [6.45, 7) is 1.74. The highest BCUT2D eigenvalue weighted by Gasteiger charge is 2.34. The Bertz CT molecular complexity index is 1580. The average Bonchev–Trinajstić information content (AvgIpc) is 3.03. The Hall–Kier alpha value is -4.40. The normalized spacial score (nSPS) is 19.6. The van der Waals surface area contributed by atoms with E-state index in [9.17, 15) is 10.2 Å². The van der Waals surface area contributed by atoms with Gasteiger partial charge in [-0.15, -0.1) is 0 Å². The predicted molar refractivity (Wildman–Crippen MR) is 168 cm³/mol. The third kappa shape index (κ3) is 4.88. The number of methoxy groups -OCH3 is 2. The minimum absolute atomic E-state index is 0.0111. The molecule has 10 rings (SSSR count). The van der Waals surface area contributed by atoms with Gasteiger partial charge in [-0.25, -0.2) is 0 Å². The minimum atomic E-state index is -0.0266. The van der Waals surface area contributed by atoms with Crippen LogP contribution in [0.3, 0.4) is 0 Å². The molecule has 4 bridgehead atoms. The quantitative estimate of drug-likeness (QED) is 0.270. The molecule has 2 N–H and O–H groups in total. The highest BCUT2D eigenvalue weighted by atomic mass is 16.5. The van der Waals surface area contributed by atoms with Gasteiger partial charge in [0.15, 0.2) is 23.0 Å². The first-order valence-electron chi connectivity index (χ1n) is 15.1. The molecule has 228 valence electrons. The number of likely N-dealkylation sites (N-methyl/N-ethyl adjacent to an activating group) is 2. The first-order valence-corrected chi connectivity index (χ1v) is 15.1. The lowest BCUT2D eigenvalue weighted by atomic mass is 9.87. The van der Waals surface area contributed by atoms with Crippen LogP contribution in [0.25, 0.3) is 0 Å². The Labute approximate surface area is 258 Å². The lowest BCUT2D eigenvalue weighted by Gasteiger charge is -2.37. The summed E-state index contributed by atoms with van der Waals surface area (Å²) in [6.07, 6.45) is 3.06. The first-order chi connectivity index (χ1) is 21.3. The van der Waals surface area contributed by atoms with Crippen molar-refractivity contribution in [3.63, 3.8) is 0 Å². The Kier molecular flexibility index (Phi) is 7.26. The molecule has 0 amide bonds. The molecule has 8 nitrogen and oxygen atoms in total. The van der Waals surface area contributed by atoms with Crippen LogP contribution in [0.1, 0.15) is 45.5 Å². The Morgan fingerprint density at radius 2 is 1.02 bits per heavy atom. The van der Waals surface area contributed by atoms with Crippen molar-refractivity contribution in [1.29, 1.82) is 0 Å². The first kappa shape index (κ1) is 28.4. The largest absolute Gasteiger partial charge is 0.502 e. The van der Waals surface area contributed by atoms with E-state index < -0.39 is 0 Å². The van der Waals surface area contributed by atoms with E-state index in [1.54, 1.807) is 14.2 Å². The molecule has 0 saturated heterocycles. The van der Waals surface area contributed by atoms with E-state index in [0.29, 0.717) is 47.3 Å². The molecular formula is C36H38N2O6. The summed E-state index contributed by atoms with van der Waals surface area (Å²) in [7, 11) is 7.36. The molecule has 0 aromatic heterocycles. The second-order valence-corrected chi connectivity index (χ2v) is 12.1. The maximum Gasteiger partial charge on any atom is 0.201 e. The van der Waals surface area contributed by atoms with Gasteiger partial charge in [0.2, 0.25) is 11.5 Å². The summed E-state index contributed by atoms with van der Waals surface area (Å²) in [6, 6.07) is 19.9. The van der Waals surface area contributed by atoms with Gasteiger partial charge in [0.25, 0.3) is 0 Å². The molecule has 4 aromatic rings. The van der Waals surface area contributed by atoms with E-state index in [0.717, 1.165) is 59.3 Å². The summed E-state index contributed by atoms with van der Waals surface area (Å²) in [5, 5.41) is 22.7. The van der Waals surface area contributed by atoms with Gasteiger partial charge in [-0.1, -0.05) is 24.3 Å². The highest BCUT2D eigenvalue weighted by molar-refractivity contribution is 5.63. The summed E-state index contributed by atoms with van der Waals surface area (Å²) >= 11 is 0. The highest BCUT2D eigenvalue weighted by Crippen LogP contribution is 2.51. The van der Waals surface area contributed by atoms with E-state index in [1.165, 1.54) is 0 Å². The molecule has 6 aliphatic heterocycles. The third-order valence-electron chi connectivity index (χ3n) is 9.47. The van der Waals surface area contributed by atoms with Crippen molar-refractivity contribution in [3.8, 4) is 46.0 Å². The molecule has 0 saturated carbocycles. The molecule has 44 heavy (non-hydrogen) atoms. The number of nitrogens with zero attached hydrogens (tertiary/aromatic N) is 2. The van der Waals surface area contributed by atoms with E-state index in [4.69, 9.17) is 18.9 Å². The lowest BCUT2D eigenvalue weighted by Crippen LogP contribution is -2.34. The molecule has 0 unspecified atom stereocenters. The summed E-state index contributed by atoms with van der Waals surface area (Å²) in [4.78, 5) is 4.62. The predicted octanol–water partition coefficient (Wildman–Crippen LogP) is 6.56. The monoisotopic (exact) mass is 594 g/mol. The zero-order valence-corrected chi connectivity index (χ0v) is 25.6. The number of phenols is 2. The van der Waals surface area contributed by atoms with Crippen LogP contribution in [0.4, 0.5) is 0 Å². The van der Waals surface area contributed by atoms with E-state index in [1.807, 2.05) is 36.4 Å². The zero-order valence-electron chi connectivity index (χ0n) is 25.6. The number of rotatable bonds is 2. The topological polar surface area (TPSA) is 83.9 Å². The molecule has 6 aliphatic rings. The minimum Gasteiger partial charge on any atom is -0.502 e. The number of aromatic hydroxyl groups is 2. The molecule has 4 aromatic carbocycles. The summed E-state index contributed by atoms with van der Waals surface area (Å²) < 4.78 is 24.2. The van der Waals surface area contributed by atoms with Gasteiger partial charge in [-0.3, -0.25) is 9.80 Å². The van der Waals surface area contributed by atoms with Crippen LogP contribution in [0.2, 0.25) is 0 Å². The third-order valence-corrected chi connectivity index (χ3v) is 9.47. The Morgan fingerprint density at radius 3 is 1.39 bits per heavy atom. The Morgan fingerprint density at radius 1 is 0.636 bits per heavy atom. The number of hydrogen-bond donors (Lipinski definition) is 2. The average molecular weight is 595 g/mol. The molecule has 6 heterocycles. The number of phenolic OH excluding ortho intramolecular Hbond substituents is 2. The lowest BCUT2D eigenvalue weighted by molar-refractivity contribution is 0.221.